The summed E-state index contributed by atoms with van der Waals surface area (Å²) in [5, 5.41) is 3.46. The number of ether oxygens (including phenoxy) is 1. The van der Waals surface area contributed by atoms with Crippen molar-refractivity contribution in [1.82, 2.24) is 4.98 Å². The maximum atomic E-state index is 11.6. The van der Waals surface area contributed by atoms with Crippen molar-refractivity contribution in [3.8, 4) is 0 Å². The third-order valence-corrected chi connectivity index (χ3v) is 2.56. The summed E-state index contributed by atoms with van der Waals surface area (Å²) in [5.74, 6) is 0. The zero-order valence-electron chi connectivity index (χ0n) is 9.57. The number of hydrogen-bond donors (Lipinski definition) is 1. The molecule has 4 nitrogen and oxygen atoms in total. The summed E-state index contributed by atoms with van der Waals surface area (Å²) in [4.78, 5) is 15.8. The van der Waals surface area contributed by atoms with Crippen LogP contribution in [0.1, 0.15) is 0 Å². The molecule has 1 amide bonds. The maximum Gasteiger partial charge on any atom is 0.411 e. The number of nitrogens with zero attached hydrogens (tertiary/aromatic N) is 1. The SMILES string of the molecule is O=C(Nc1cccc2cccnc12)OCC(Cl)(Cl)Cl. The Labute approximate surface area is 124 Å². The van der Waals surface area contributed by atoms with Crippen LogP contribution in [0.15, 0.2) is 36.5 Å². The average Bonchev–Trinajstić information content (AvgIpc) is 2.36. The van der Waals surface area contributed by atoms with Crippen LogP contribution in [0.2, 0.25) is 0 Å². The summed E-state index contributed by atoms with van der Waals surface area (Å²) in [5.41, 5.74) is 1.20. The zero-order chi connectivity index (χ0) is 13.9. The monoisotopic (exact) mass is 318 g/mol. The van der Waals surface area contributed by atoms with Gasteiger partial charge in [0.25, 0.3) is 0 Å². The Balaban J connectivity index is 2.11. The van der Waals surface area contributed by atoms with Gasteiger partial charge in [-0.15, -0.1) is 0 Å². The van der Waals surface area contributed by atoms with E-state index in [1.54, 1.807) is 18.3 Å². The standard InChI is InChI=1S/C12H9Cl3N2O2/c13-12(14,15)7-19-11(18)17-9-5-1-3-8-4-2-6-16-10(8)9/h1-6H,7H2,(H,17,18). The number of benzene rings is 1. The number of pyridine rings is 1. The molecule has 1 aromatic heterocycles. The van der Waals surface area contributed by atoms with Gasteiger partial charge in [-0.05, 0) is 12.1 Å². The van der Waals surface area contributed by atoms with Gasteiger partial charge in [0.05, 0.1) is 11.2 Å². The van der Waals surface area contributed by atoms with E-state index in [-0.39, 0.29) is 6.61 Å². The molecule has 0 aliphatic carbocycles. The molecule has 2 rings (SSSR count). The molecule has 0 spiro atoms. The van der Waals surface area contributed by atoms with Crippen molar-refractivity contribution in [3.05, 3.63) is 36.5 Å². The van der Waals surface area contributed by atoms with Crippen molar-refractivity contribution in [1.29, 1.82) is 0 Å². The maximum absolute atomic E-state index is 11.6. The van der Waals surface area contributed by atoms with Crippen LogP contribution in [-0.4, -0.2) is 21.5 Å². The van der Waals surface area contributed by atoms with E-state index in [1.807, 2.05) is 18.2 Å². The van der Waals surface area contributed by atoms with Crippen LogP contribution >= 0.6 is 34.8 Å². The molecule has 0 aliphatic heterocycles. The first-order chi connectivity index (χ1) is 8.96. The van der Waals surface area contributed by atoms with Gasteiger partial charge in [0, 0.05) is 11.6 Å². The molecule has 1 aromatic carbocycles. The van der Waals surface area contributed by atoms with E-state index < -0.39 is 9.89 Å². The van der Waals surface area contributed by atoms with E-state index in [2.05, 4.69) is 10.3 Å². The van der Waals surface area contributed by atoms with Gasteiger partial charge in [0.2, 0.25) is 3.79 Å². The summed E-state index contributed by atoms with van der Waals surface area (Å²) < 4.78 is 3.16. The quantitative estimate of drug-likeness (QED) is 0.846. The summed E-state index contributed by atoms with van der Waals surface area (Å²) in [6, 6.07) is 9.11. The van der Waals surface area contributed by atoms with Crippen LogP contribution in [0.4, 0.5) is 10.5 Å². The number of alkyl halides is 3. The van der Waals surface area contributed by atoms with E-state index >= 15 is 0 Å². The number of carbonyl (C=O) groups is 1. The minimum Gasteiger partial charge on any atom is -0.445 e. The van der Waals surface area contributed by atoms with Gasteiger partial charge in [-0.25, -0.2) is 4.79 Å². The van der Waals surface area contributed by atoms with Crippen LogP contribution in [0.5, 0.6) is 0 Å². The van der Waals surface area contributed by atoms with Gasteiger partial charge >= 0.3 is 6.09 Å². The van der Waals surface area contributed by atoms with Gasteiger partial charge < -0.3 is 4.74 Å². The number of para-hydroxylation sites is 1. The predicted molar refractivity (Wildman–Crippen MR) is 77.0 cm³/mol. The molecule has 0 fully saturated rings. The smallest absolute Gasteiger partial charge is 0.411 e. The van der Waals surface area contributed by atoms with Gasteiger partial charge in [-0.2, -0.15) is 0 Å². The topological polar surface area (TPSA) is 51.2 Å². The van der Waals surface area contributed by atoms with Crippen molar-refractivity contribution in [3.63, 3.8) is 0 Å². The first-order valence-electron chi connectivity index (χ1n) is 5.30. The number of aromatic nitrogens is 1. The van der Waals surface area contributed by atoms with Crippen LogP contribution in [0.3, 0.4) is 0 Å². The predicted octanol–water partition coefficient (Wildman–Crippen LogP) is 4.15. The molecule has 100 valence electrons. The molecule has 0 radical (unpaired) electrons. The third-order valence-electron chi connectivity index (χ3n) is 2.24. The molecule has 0 bridgehead atoms. The van der Waals surface area contributed by atoms with E-state index in [4.69, 9.17) is 39.5 Å². The number of anilines is 1. The third kappa shape index (κ3) is 4.13. The van der Waals surface area contributed by atoms with Crippen molar-refractivity contribution in [2.75, 3.05) is 11.9 Å². The Bertz CT molecular complexity index is 594. The highest BCUT2D eigenvalue weighted by molar-refractivity contribution is 6.67. The van der Waals surface area contributed by atoms with Crippen LogP contribution in [0, 0.1) is 0 Å². The second kappa shape index (κ2) is 5.82. The van der Waals surface area contributed by atoms with Gasteiger partial charge in [0.1, 0.15) is 6.61 Å². The lowest BCUT2D eigenvalue weighted by molar-refractivity contribution is 0.164. The molecule has 19 heavy (non-hydrogen) atoms. The van der Waals surface area contributed by atoms with Crippen LogP contribution < -0.4 is 5.32 Å². The Morgan fingerprint density at radius 2 is 2.00 bits per heavy atom. The summed E-state index contributed by atoms with van der Waals surface area (Å²) in [6.45, 7) is -0.332. The number of nitrogens with one attached hydrogen (secondary N) is 1. The fourth-order valence-electron chi connectivity index (χ4n) is 1.50. The zero-order valence-corrected chi connectivity index (χ0v) is 11.8. The lowest BCUT2D eigenvalue weighted by atomic mass is 10.2. The first-order valence-corrected chi connectivity index (χ1v) is 6.43. The lowest BCUT2D eigenvalue weighted by Crippen LogP contribution is -2.21. The fourth-order valence-corrected chi connectivity index (χ4v) is 1.66. The van der Waals surface area contributed by atoms with E-state index in [0.717, 1.165) is 5.39 Å². The summed E-state index contributed by atoms with van der Waals surface area (Å²) in [7, 11) is 0. The van der Waals surface area contributed by atoms with Gasteiger partial charge in [0.15, 0.2) is 0 Å². The highest BCUT2D eigenvalue weighted by atomic mass is 35.6. The Morgan fingerprint density at radius 3 is 2.74 bits per heavy atom. The highest BCUT2D eigenvalue weighted by Gasteiger charge is 2.22. The number of fused-ring (bicyclic) bond motifs is 1. The molecular weight excluding hydrogens is 311 g/mol. The largest absolute Gasteiger partial charge is 0.445 e. The van der Waals surface area contributed by atoms with Crippen LogP contribution in [0.25, 0.3) is 10.9 Å². The molecule has 2 aromatic rings. The Hall–Kier alpha value is -1.23. The van der Waals surface area contributed by atoms with Crippen molar-refractivity contribution >= 4 is 57.5 Å². The molecule has 0 saturated heterocycles. The highest BCUT2D eigenvalue weighted by Crippen LogP contribution is 2.26. The molecule has 0 atom stereocenters. The molecular formula is C12H9Cl3N2O2. The minimum absolute atomic E-state index is 0.332. The van der Waals surface area contributed by atoms with Gasteiger partial charge in [-0.3, -0.25) is 10.3 Å². The average molecular weight is 320 g/mol. The van der Waals surface area contributed by atoms with Crippen molar-refractivity contribution < 1.29 is 9.53 Å². The number of halogens is 3. The number of carbonyl (C=O) groups excluding carboxylic acids is 1. The molecule has 0 aliphatic rings. The molecule has 1 heterocycles. The molecule has 0 unspecified atom stereocenters. The lowest BCUT2D eigenvalue weighted by Gasteiger charge is -2.12. The molecule has 0 saturated carbocycles. The second-order valence-electron chi connectivity index (χ2n) is 3.70. The second-order valence-corrected chi connectivity index (χ2v) is 6.21. The molecule has 1 N–H and O–H groups in total. The van der Waals surface area contributed by atoms with E-state index in [9.17, 15) is 4.79 Å². The number of amides is 1. The van der Waals surface area contributed by atoms with Crippen LogP contribution in [-0.2, 0) is 4.74 Å². The van der Waals surface area contributed by atoms with Crippen molar-refractivity contribution in [2.45, 2.75) is 3.79 Å². The minimum atomic E-state index is -1.63. The molecule has 7 heteroatoms. The van der Waals surface area contributed by atoms with E-state index in [0.29, 0.717) is 11.2 Å². The Kier molecular flexibility index (Phi) is 4.34. The van der Waals surface area contributed by atoms with Gasteiger partial charge in [-0.1, -0.05) is 53.0 Å². The van der Waals surface area contributed by atoms with E-state index in [1.165, 1.54) is 0 Å². The number of hydrogen-bond acceptors (Lipinski definition) is 3. The Morgan fingerprint density at radius 1 is 1.26 bits per heavy atom. The fraction of sp³-hybridized carbons (Fsp3) is 0.167. The van der Waals surface area contributed by atoms with Crippen molar-refractivity contribution in [2.24, 2.45) is 0 Å². The summed E-state index contributed by atoms with van der Waals surface area (Å²) in [6.07, 6.45) is 0.935. The normalized spacial score (nSPS) is 11.3. The number of rotatable bonds is 2. The summed E-state index contributed by atoms with van der Waals surface area (Å²) >= 11 is 16.5. The first kappa shape index (κ1) is 14.2.